The van der Waals surface area contributed by atoms with Gasteiger partial charge in [0.25, 0.3) is 0 Å². The summed E-state index contributed by atoms with van der Waals surface area (Å²) in [5.74, 6) is 1.44. The van der Waals surface area contributed by atoms with E-state index in [1.54, 1.807) is 0 Å². The van der Waals surface area contributed by atoms with Crippen molar-refractivity contribution in [1.29, 1.82) is 0 Å². The first-order valence-corrected chi connectivity index (χ1v) is 12.2. The van der Waals surface area contributed by atoms with Crippen LogP contribution in [0.15, 0.2) is 54.6 Å². The van der Waals surface area contributed by atoms with Crippen LogP contribution in [0, 0.1) is 0 Å². The lowest BCUT2D eigenvalue weighted by Gasteiger charge is -2.28. The van der Waals surface area contributed by atoms with Gasteiger partial charge in [-0.25, -0.2) is 0 Å². The summed E-state index contributed by atoms with van der Waals surface area (Å²) in [5.41, 5.74) is 4.29. The third-order valence-corrected chi connectivity index (χ3v) is 6.30. The number of aromatic nitrogens is 2. The topological polar surface area (TPSA) is 47.5 Å². The van der Waals surface area contributed by atoms with Gasteiger partial charge >= 0.3 is 0 Å². The molecule has 0 radical (unpaired) electrons. The average Bonchev–Trinajstić information content (AvgIpc) is 2.84. The summed E-state index contributed by atoms with van der Waals surface area (Å²) >= 11 is 5.96. The molecule has 8 heteroatoms. The average molecular weight is 539 g/mol. The number of ether oxygens (including phenoxy) is 2. The molecule has 0 atom stereocenters. The Hall–Kier alpha value is -2.05. The van der Waals surface area contributed by atoms with Gasteiger partial charge in [0.05, 0.1) is 5.69 Å². The molecule has 2 heterocycles. The highest BCUT2D eigenvalue weighted by molar-refractivity contribution is 6.30. The maximum Gasteiger partial charge on any atom is 0.234 e. The number of aryl methyl sites for hydroxylation is 1. The van der Waals surface area contributed by atoms with E-state index in [1.807, 2.05) is 36.4 Å². The van der Waals surface area contributed by atoms with Gasteiger partial charge in [0, 0.05) is 29.7 Å². The zero-order valence-electron chi connectivity index (χ0n) is 20.3. The number of nitrogens with zero attached hydrogens (tertiary/aromatic N) is 3. The number of likely N-dealkylation sites (tertiary alicyclic amines) is 1. The van der Waals surface area contributed by atoms with Crippen molar-refractivity contribution in [2.45, 2.75) is 51.7 Å². The fourth-order valence-corrected chi connectivity index (χ4v) is 4.11. The molecule has 0 unspecified atom stereocenters. The summed E-state index contributed by atoms with van der Waals surface area (Å²) in [6, 6.07) is 18.0. The number of unbranched alkanes of at least 4 members (excludes halogenated alkanes) is 1. The van der Waals surface area contributed by atoms with Crippen LogP contribution in [0.1, 0.15) is 43.9 Å². The maximum atomic E-state index is 6.21. The second-order valence-corrected chi connectivity index (χ2v) is 9.14. The van der Waals surface area contributed by atoms with Gasteiger partial charge in [0.15, 0.2) is 0 Å². The zero-order valence-corrected chi connectivity index (χ0v) is 22.7. The minimum Gasteiger partial charge on any atom is -0.489 e. The molecule has 0 saturated carbocycles. The van der Waals surface area contributed by atoms with Gasteiger partial charge in [-0.15, -0.1) is 29.9 Å². The molecule has 0 aliphatic carbocycles. The van der Waals surface area contributed by atoms with Crippen molar-refractivity contribution >= 4 is 36.4 Å². The monoisotopic (exact) mass is 537 g/mol. The lowest BCUT2D eigenvalue weighted by atomic mass is 10.0. The highest BCUT2D eigenvalue weighted by Crippen LogP contribution is 2.29. The van der Waals surface area contributed by atoms with Crippen molar-refractivity contribution in [2.75, 3.05) is 20.1 Å². The molecule has 1 aromatic heterocycles. The fourth-order valence-electron chi connectivity index (χ4n) is 3.99. The van der Waals surface area contributed by atoms with Crippen molar-refractivity contribution in [2.24, 2.45) is 0 Å². The number of benzene rings is 2. The van der Waals surface area contributed by atoms with E-state index in [9.17, 15) is 0 Å². The van der Waals surface area contributed by atoms with Gasteiger partial charge in [0.2, 0.25) is 5.88 Å². The second-order valence-electron chi connectivity index (χ2n) is 8.71. The van der Waals surface area contributed by atoms with E-state index in [2.05, 4.69) is 47.3 Å². The maximum absolute atomic E-state index is 6.21. The van der Waals surface area contributed by atoms with E-state index in [4.69, 9.17) is 21.1 Å². The van der Waals surface area contributed by atoms with Crippen LogP contribution in [0.3, 0.4) is 0 Å². The Labute approximate surface area is 226 Å². The second kappa shape index (κ2) is 14.5. The van der Waals surface area contributed by atoms with Crippen LogP contribution >= 0.6 is 36.4 Å². The van der Waals surface area contributed by atoms with Crippen molar-refractivity contribution in [1.82, 2.24) is 15.1 Å². The summed E-state index contributed by atoms with van der Waals surface area (Å²) < 4.78 is 12.2. The van der Waals surface area contributed by atoms with E-state index in [-0.39, 0.29) is 30.9 Å². The number of halogens is 3. The molecule has 1 aliphatic rings. The molecule has 0 spiro atoms. The number of hydrogen-bond donors (Lipinski definition) is 0. The van der Waals surface area contributed by atoms with Gasteiger partial charge in [0.1, 0.15) is 18.5 Å². The zero-order chi connectivity index (χ0) is 23.0. The minimum atomic E-state index is 0. The van der Waals surface area contributed by atoms with Crippen LogP contribution in [0.4, 0.5) is 0 Å². The largest absolute Gasteiger partial charge is 0.489 e. The Morgan fingerprint density at radius 3 is 2.31 bits per heavy atom. The molecular weight excluding hydrogens is 505 g/mol. The van der Waals surface area contributed by atoms with Crippen LogP contribution in [-0.4, -0.2) is 41.3 Å². The predicted octanol–water partition coefficient (Wildman–Crippen LogP) is 7.04. The quantitative estimate of drug-likeness (QED) is 0.292. The van der Waals surface area contributed by atoms with Gasteiger partial charge in [-0.05, 0) is 68.1 Å². The molecule has 5 nitrogen and oxygen atoms in total. The van der Waals surface area contributed by atoms with E-state index in [0.717, 1.165) is 78.4 Å². The first-order chi connectivity index (χ1) is 16.1. The molecule has 0 N–H and O–H groups in total. The van der Waals surface area contributed by atoms with E-state index in [0.29, 0.717) is 12.5 Å². The summed E-state index contributed by atoms with van der Waals surface area (Å²) in [6.45, 7) is 4.80. The highest BCUT2D eigenvalue weighted by atomic mass is 35.5. The molecule has 35 heavy (non-hydrogen) atoms. The number of hydrogen-bond acceptors (Lipinski definition) is 5. The van der Waals surface area contributed by atoms with Crippen LogP contribution in [0.25, 0.3) is 11.1 Å². The lowest BCUT2D eigenvalue weighted by Crippen LogP contribution is -2.35. The van der Waals surface area contributed by atoms with Crippen LogP contribution in [-0.2, 0) is 13.0 Å². The van der Waals surface area contributed by atoms with Crippen molar-refractivity contribution in [3.05, 3.63) is 70.9 Å². The molecule has 4 rings (SSSR count). The summed E-state index contributed by atoms with van der Waals surface area (Å²) in [6.07, 6.45) is 5.34. The standard InChI is InChI=1S/C27H32ClN3O2.2ClH/c1-3-4-5-26-25(18-27(30-29-26)33-24-14-16-31(2)17-15-24)21-8-12-23(13-9-21)32-19-20-6-10-22(28)11-7-20;;/h6-13,18,24H,3-5,14-17,19H2,1-2H3;2*1H. The minimum absolute atomic E-state index is 0. The van der Waals surface area contributed by atoms with Gasteiger partial charge in [-0.3, -0.25) is 0 Å². The SMILES string of the molecule is CCCCc1nnc(OC2CCN(C)CC2)cc1-c1ccc(OCc2ccc(Cl)cc2)cc1.Cl.Cl. The van der Waals surface area contributed by atoms with Crippen LogP contribution in [0.5, 0.6) is 11.6 Å². The molecule has 0 amide bonds. The summed E-state index contributed by atoms with van der Waals surface area (Å²) in [4.78, 5) is 2.33. The molecule has 190 valence electrons. The lowest BCUT2D eigenvalue weighted by molar-refractivity contribution is 0.109. The first kappa shape index (κ1) is 29.2. The molecule has 2 aromatic carbocycles. The summed E-state index contributed by atoms with van der Waals surface area (Å²) in [7, 11) is 2.15. The normalized spacial score (nSPS) is 14.0. The van der Waals surface area contributed by atoms with E-state index < -0.39 is 0 Å². The highest BCUT2D eigenvalue weighted by Gasteiger charge is 2.19. The Kier molecular flexibility index (Phi) is 12.1. The van der Waals surface area contributed by atoms with Crippen LogP contribution < -0.4 is 9.47 Å². The van der Waals surface area contributed by atoms with Crippen molar-refractivity contribution < 1.29 is 9.47 Å². The third kappa shape index (κ3) is 8.53. The van der Waals surface area contributed by atoms with Crippen molar-refractivity contribution in [3.8, 4) is 22.8 Å². The van der Waals surface area contributed by atoms with Gasteiger partial charge < -0.3 is 14.4 Å². The third-order valence-electron chi connectivity index (χ3n) is 6.05. The Bertz CT molecular complexity index is 1020. The predicted molar refractivity (Wildman–Crippen MR) is 148 cm³/mol. The van der Waals surface area contributed by atoms with Gasteiger partial charge in [-0.2, -0.15) is 5.10 Å². The molecule has 0 bridgehead atoms. The van der Waals surface area contributed by atoms with E-state index >= 15 is 0 Å². The molecule has 3 aromatic rings. The first-order valence-electron chi connectivity index (χ1n) is 11.8. The Morgan fingerprint density at radius 2 is 1.66 bits per heavy atom. The molecule has 1 aliphatic heterocycles. The van der Waals surface area contributed by atoms with Crippen molar-refractivity contribution in [3.63, 3.8) is 0 Å². The Balaban J connectivity index is 0.00000216. The van der Waals surface area contributed by atoms with Crippen LogP contribution in [0.2, 0.25) is 5.02 Å². The molecular formula is C27H34Cl3N3O2. The van der Waals surface area contributed by atoms with E-state index in [1.165, 1.54) is 0 Å². The molecule has 1 fully saturated rings. The summed E-state index contributed by atoms with van der Waals surface area (Å²) in [5, 5.41) is 9.68. The number of piperidine rings is 1. The Morgan fingerprint density at radius 1 is 0.971 bits per heavy atom. The smallest absolute Gasteiger partial charge is 0.234 e. The molecule has 1 saturated heterocycles. The van der Waals surface area contributed by atoms with Gasteiger partial charge in [-0.1, -0.05) is 49.2 Å². The fraction of sp³-hybridized carbons (Fsp3) is 0.407. The number of rotatable bonds is 9.